The van der Waals surface area contributed by atoms with E-state index in [1.54, 1.807) is 0 Å². The second kappa shape index (κ2) is 10.3. The van der Waals surface area contributed by atoms with Crippen LogP contribution in [0.2, 0.25) is 0 Å². The molecule has 0 spiro atoms. The third-order valence-electron chi connectivity index (χ3n) is 5.24. The maximum Gasteiger partial charge on any atom is 0.191 e. The summed E-state index contributed by atoms with van der Waals surface area (Å²) in [7, 11) is 0. The van der Waals surface area contributed by atoms with E-state index in [9.17, 15) is 0 Å². The Hall–Kier alpha value is -1.02. The minimum absolute atomic E-state index is 0. The van der Waals surface area contributed by atoms with Crippen molar-refractivity contribution in [3.05, 3.63) is 29.3 Å². The average Bonchev–Trinajstić information content (AvgIpc) is 3.13. The van der Waals surface area contributed by atoms with Crippen LogP contribution in [-0.4, -0.2) is 43.8 Å². The number of likely N-dealkylation sites (tertiary alicyclic amines) is 1. The van der Waals surface area contributed by atoms with Gasteiger partial charge in [-0.25, -0.2) is 4.99 Å². The number of hydrogen-bond donors (Lipinski definition) is 1. The fourth-order valence-corrected chi connectivity index (χ4v) is 3.35. The second-order valence-electron chi connectivity index (χ2n) is 7.50. The predicted molar refractivity (Wildman–Crippen MR) is 116 cm³/mol. The molecule has 5 nitrogen and oxygen atoms in total. The van der Waals surface area contributed by atoms with E-state index in [4.69, 9.17) is 15.2 Å². The summed E-state index contributed by atoms with van der Waals surface area (Å²) in [4.78, 5) is 6.83. The Bertz CT molecular complexity index is 595. The van der Waals surface area contributed by atoms with Gasteiger partial charge in [-0.05, 0) is 43.7 Å². The largest absolute Gasteiger partial charge is 0.493 e. The normalized spacial score (nSPS) is 21.5. The highest BCUT2D eigenvalue weighted by Crippen LogP contribution is 2.24. The van der Waals surface area contributed by atoms with Crippen LogP contribution in [0.3, 0.4) is 0 Å². The van der Waals surface area contributed by atoms with E-state index in [0.717, 1.165) is 50.0 Å². The maximum absolute atomic E-state index is 6.21. The van der Waals surface area contributed by atoms with Gasteiger partial charge in [0.25, 0.3) is 0 Å². The van der Waals surface area contributed by atoms with Crippen molar-refractivity contribution in [1.82, 2.24) is 4.90 Å². The van der Waals surface area contributed by atoms with E-state index in [-0.39, 0.29) is 24.0 Å². The van der Waals surface area contributed by atoms with Crippen LogP contribution in [0.4, 0.5) is 0 Å². The van der Waals surface area contributed by atoms with Gasteiger partial charge in [0.1, 0.15) is 5.75 Å². The molecule has 146 valence electrons. The summed E-state index contributed by atoms with van der Waals surface area (Å²) in [5, 5.41) is 0. The molecule has 2 fully saturated rings. The van der Waals surface area contributed by atoms with E-state index >= 15 is 0 Å². The molecule has 2 aliphatic heterocycles. The zero-order chi connectivity index (χ0) is 17.6. The summed E-state index contributed by atoms with van der Waals surface area (Å²) in [5.41, 5.74) is 8.51. The van der Waals surface area contributed by atoms with E-state index in [1.807, 2.05) is 0 Å². The Morgan fingerprint density at radius 2 is 2.08 bits per heavy atom. The molecule has 2 heterocycles. The summed E-state index contributed by atoms with van der Waals surface area (Å²) in [5.74, 6) is 2.87. The molecule has 0 saturated carbocycles. The van der Waals surface area contributed by atoms with Crippen LogP contribution in [0.1, 0.15) is 37.3 Å². The van der Waals surface area contributed by atoms with Crippen LogP contribution in [-0.2, 0) is 11.3 Å². The van der Waals surface area contributed by atoms with Crippen LogP contribution in [0.25, 0.3) is 0 Å². The topological polar surface area (TPSA) is 60.1 Å². The molecule has 0 bridgehead atoms. The number of nitrogens with zero attached hydrogens (tertiary/aromatic N) is 2. The van der Waals surface area contributed by atoms with Crippen LogP contribution in [0, 0.1) is 18.8 Å². The Morgan fingerprint density at radius 1 is 1.31 bits per heavy atom. The first kappa shape index (κ1) is 21.3. The number of ether oxygens (including phenoxy) is 2. The number of nitrogens with two attached hydrogens (primary N) is 1. The zero-order valence-corrected chi connectivity index (χ0v) is 18.3. The molecule has 1 aromatic carbocycles. The van der Waals surface area contributed by atoms with Crippen molar-refractivity contribution >= 4 is 29.9 Å². The van der Waals surface area contributed by atoms with E-state index in [0.29, 0.717) is 25.0 Å². The molecule has 0 amide bonds. The Labute approximate surface area is 174 Å². The lowest BCUT2D eigenvalue weighted by Gasteiger charge is -2.31. The molecular weight excluding hydrogens is 441 g/mol. The van der Waals surface area contributed by atoms with Crippen molar-refractivity contribution in [3.63, 3.8) is 0 Å². The Morgan fingerprint density at radius 3 is 2.77 bits per heavy atom. The maximum atomic E-state index is 6.21. The molecule has 1 atom stereocenters. The molecule has 0 aliphatic carbocycles. The minimum Gasteiger partial charge on any atom is -0.493 e. The number of aliphatic imine (C=N–C) groups is 1. The number of benzene rings is 1. The highest BCUT2D eigenvalue weighted by atomic mass is 127. The Balaban J connectivity index is 0.00000243. The summed E-state index contributed by atoms with van der Waals surface area (Å²) in [6.07, 6.45) is 3.47. The fraction of sp³-hybridized carbons (Fsp3) is 0.650. The number of hydrogen-bond acceptors (Lipinski definition) is 3. The summed E-state index contributed by atoms with van der Waals surface area (Å²) < 4.78 is 11.5. The first-order chi connectivity index (χ1) is 12.1. The highest BCUT2D eigenvalue weighted by Gasteiger charge is 2.18. The highest BCUT2D eigenvalue weighted by molar-refractivity contribution is 14.0. The van der Waals surface area contributed by atoms with Crippen LogP contribution >= 0.6 is 24.0 Å². The quantitative estimate of drug-likeness (QED) is 0.404. The summed E-state index contributed by atoms with van der Waals surface area (Å²) in [6.45, 7) is 9.33. The monoisotopic (exact) mass is 473 g/mol. The molecule has 2 aliphatic rings. The lowest BCUT2D eigenvalue weighted by Crippen LogP contribution is -2.42. The molecule has 1 unspecified atom stereocenters. The van der Waals surface area contributed by atoms with E-state index in [1.165, 1.54) is 18.4 Å². The van der Waals surface area contributed by atoms with Gasteiger partial charge in [0.2, 0.25) is 0 Å². The number of guanidine groups is 1. The van der Waals surface area contributed by atoms with Crippen LogP contribution < -0.4 is 10.5 Å². The standard InChI is InChI=1S/C20H31N3O2.HI/c1-15-5-8-23(9-6-15)20(21)22-12-18-4-3-16(2)11-19(18)25-14-17-7-10-24-13-17;/h3-4,11,15,17H,5-10,12-14H2,1-2H3,(H2,21,22);1H. The minimum atomic E-state index is 0. The van der Waals surface area contributed by atoms with Crippen LogP contribution in [0.15, 0.2) is 23.2 Å². The molecule has 0 aromatic heterocycles. The van der Waals surface area contributed by atoms with Crippen molar-refractivity contribution in [2.24, 2.45) is 22.6 Å². The van der Waals surface area contributed by atoms with Gasteiger partial charge in [-0.1, -0.05) is 19.1 Å². The molecule has 2 saturated heterocycles. The predicted octanol–water partition coefficient (Wildman–Crippen LogP) is 3.57. The fourth-order valence-electron chi connectivity index (χ4n) is 3.35. The zero-order valence-electron chi connectivity index (χ0n) is 15.9. The van der Waals surface area contributed by atoms with Gasteiger partial charge < -0.3 is 20.1 Å². The van der Waals surface area contributed by atoms with Crippen molar-refractivity contribution in [2.45, 2.75) is 39.7 Å². The van der Waals surface area contributed by atoms with Crippen molar-refractivity contribution in [1.29, 1.82) is 0 Å². The SMILES string of the molecule is Cc1ccc(CN=C(N)N2CCC(C)CC2)c(OCC2CCOC2)c1.I. The second-order valence-corrected chi connectivity index (χ2v) is 7.50. The smallest absolute Gasteiger partial charge is 0.191 e. The van der Waals surface area contributed by atoms with Crippen molar-refractivity contribution < 1.29 is 9.47 Å². The van der Waals surface area contributed by atoms with Gasteiger partial charge >= 0.3 is 0 Å². The third-order valence-corrected chi connectivity index (χ3v) is 5.24. The number of halogens is 1. The molecular formula is C20H32IN3O2. The van der Waals surface area contributed by atoms with Gasteiger partial charge in [-0.15, -0.1) is 24.0 Å². The van der Waals surface area contributed by atoms with Gasteiger partial charge in [-0.2, -0.15) is 0 Å². The molecule has 1 aromatic rings. The molecule has 26 heavy (non-hydrogen) atoms. The Kier molecular flexibility index (Phi) is 8.47. The van der Waals surface area contributed by atoms with Gasteiger partial charge in [-0.3, -0.25) is 0 Å². The number of piperidine rings is 1. The van der Waals surface area contributed by atoms with Gasteiger partial charge in [0.05, 0.1) is 19.8 Å². The molecule has 6 heteroatoms. The molecule has 3 rings (SSSR count). The molecule has 2 N–H and O–H groups in total. The summed E-state index contributed by atoms with van der Waals surface area (Å²) in [6, 6.07) is 6.31. The third kappa shape index (κ3) is 6.01. The van der Waals surface area contributed by atoms with Gasteiger partial charge in [0.15, 0.2) is 5.96 Å². The van der Waals surface area contributed by atoms with E-state index < -0.39 is 0 Å². The van der Waals surface area contributed by atoms with Crippen molar-refractivity contribution in [2.75, 3.05) is 32.9 Å². The average molecular weight is 473 g/mol. The van der Waals surface area contributed by atoms with E-state index in [2.05, 4.69) is 41.9 Å². The first-order valence-electron chi connectivity index (χ1n) is 9.46. The van der Waals surface area contributed by atoms with Gasteiger partial charge in [0, 0.05) is 31.2 Å². The van der Waals surface area contributed by atoms with Crippen molar-refractivity contribution in [3.8, 4) is 5.75 Å². The lowest BCUT2D eigenvalue weighted by molar-refractivity contribution is 0.166. The lowest BCUT2D eigenvalue weighted by atomic mass is 10.00. The molecule has 0 radical (unpaired) electrons. The number of rotatable bonds is 5. The first-order valence-corrected chi connectivity index (χ1v) is 9.46. The number of aryl methyl sites for hydroxylation is 1. The van der Waals surface area contributed by atoms with Crippen LogP contribution in [0.5, 0.6) is 5.75 Å². The summed E-state index contributed by atoms with van der Waals surface area (Å²) >= 11 is 0.